The summed E-state index contributed by atoms with van der Waals surface area (Å²) in [6.45, 7) is 0.0939. The number of rotatable bonds is 4. The van der Waals surface area contributed by atoms with Gasteiger partial charge in [-0.25, -0.2) is 0 Å². The molecule has 0 heterocycles. The molecule has 0 fully saturated rings. The molecule has 0 atom stereocenters. The van der Waals surface area contributed by atoms with Gasteiger partial charge in [0.2, 0.25) is 0 Å². The number of fused-ring (bicyclic) bond motifs is 1. The number of hydrogen-bond acceptors (Lipinski definition) is 2. The first kappa shape index (κ1) is 11.3. The van der Waals surface area contributed by atoms with Gasteiger partial charge in [0.15, 0.2) is 5.78 Å². The highest BCUT2D eigenvalue weighted by atomic mass is 16.3. The highest BCUT2D eigenvalue weighted by Gasteiger charge is 2.12. The molecule has 1 aliphatic carbocycles. The van der Waals surface area contributed by atoms with E-state index in [-0.39, 0.29) is 12.4 Å². The molecule has 0 saturated carbocycles. The molecule has 0 bridgehead atoms. The molecular formula is C14H18O2. The average Bonchev–Trinajstić information content (AvgIpc) is 2.35. The van der Waals surface area contributed by atoms with E-state index in [9.17, 15) is 4.79 Å². The lowest BCUT2D eigenvalue weighted by atomic mass is 9.89. The van der Waals surface area contributed by atoms with E-state index in [0.717, 1.165) is 18.4 Å². The Morgan fingerprint density at radius 3 is 2.69 bits per heavy atom. The minimum atomic E-state index is 0.0939. The molecule has 1 aromatic rings. The third-order valence-electron chi connectivity index (χ3n) is 3.23. The molecule has 0 unspecified atom stereocenters. The molecular weight excluding hydrogens is 200 g/mol. The number of ketones is 1. The van der Waals surface area contributed by atoms with Gasteiger partial charge in [-0.15, -0.1) is 0 Å². The summed E-state index contributed by atoms with van der Waals surface area (Å²) in [5.74, 6) is 0.155. The van der Waals surface area contributed by atoms with Crippen molar-refractivity contribution in [3.63, 3.8) is 0 Å². The lowest BCUT2D eigenvalue weighted by molar-refractivity contribution is 0.0971. The van der Waals surface area contributed by atoms with Gasteiger partial charge in [0.05, 0.1) is 0 Å². The van der Waals surface area contributed by atoms with Crippen molar-refractivity contribution in [2.24, 2.45) is 0 Å². The predicted molar refractivity (Wildman–Crippen MR) is 63.7 cm³/mol. The Bertz CT molecular complexity index is 382. The Kier molecular flexibility index (Phi) is 3.73. The van der Waals surface area contributed by atoms with Crippen LogP contribution in [0.15, 0.2) is 18.2 Å². The number of aliphatic hydroxyl groups is 1. The van der Waals surface area contributed by atoms with Crippen LogP contribution in [-0.2, 0) is 12.8 Å². The van der Waals surface area contributed by atoms with E-state index >= 15 is 0 Å². The third-order valence-corrected chi connectivity index (χ3v) is 3.23. The van der Waals surface area contributed by atoms with Gasteiger partial charge in [-0.3, -0.25) is 4.79 Å². The standard InChI is InChI=1S/C14H18O2/c15-9-3-6-14(16)13-8-7-11-4-1-2-5-12(11)10-13/h7-8,10,15H,1-6,9H2. The Labute approximate surface area is 96.3 Å². The molecule has 0 spiro atoms. The quantitative estimate of drug-likeness (QED) is 0.788. The molecule has 2 nitrogen and oxygen atoms in total. The van der Waals surface area contributed by atoms with Gasteiger partial charge in [0.1, 0.15) is 0 Å². The summed E-state index contributed by atoms with van der Waals surface area (Å²) in [4.78, 5) is 11.8. The van der Waals surface area contributed by atoms with Crippen molar-refractivity contribution in [1.29, 1.82) is 0 Å². The minimum Gasteiger partial charge on any atom is -0.396 e. The summed E-state index contributed by atoms with van der Waals surface area (Å²) in [5.41, 5.74) is 3.57. The number of aryl methyl sites for hydroxylation is 2. The Morgan fingerprint density at radius 1 is 1.19 bits per heavy atom. The van der Waals surface area contributed by atoms with Gasteiger partial charge in [-0.1, -0.05) is 12.1 Å². The summed E-state index contributed by atoms with van der Waals surface area (Å²) in [5, 5.41) is 8.70. The molecule has 1 aliphatic rings. The molecule has 0 radical (unpaired) electrons. The smallest absolute Gasteiger partial charge is 0.162 e. The second-order valence-electron chi connectivity index (χ2n) is 4.44. The Hall–Kier alpha value is -1.15. The van der Waals surface area contributed by atoms with E-state index in [0.29, 0.717) is 12.8 Å². The molecule has 0 amide bonds. The van der Waals surface area contributed by atoms with E-state index in [1.54, 1.807) is 0 Å². The highest BCUT2D eigenvalue weighted by Crippen LogP contribution is 2.22. The summed E-state index contributed by atoms with van der Waals surface area (Å²) >= 11 is 0. The van der Waals surface area contributed by atoms with E-state index in [1.807, 2.05) is 12.1 Å². The molecule has 1 aromatic carbocycles. The molecule has 16 heavy (non-hydrogen) atoms. The van der Waals surface area contributed by atoms with E-state index in [1.165, 1.54) is 24.0 Å². The summed E-state index contributed by atoms with van der Waals surface area (Å²) in [6.07, 6.45) is 5.79. The predicted octanol–water partition coefficient (Wildman–Crippen LogP) is 2.52. The van der Waals surface area contributed by atoms with Gasteiger partial charge in [0, 0.05) is 18.6 Å². The summed E-state index contributed by atoms with van der Waals surface area (Å²) in [6, 6.07) is 6.08. The molecule has 0 saturated heterocycles. The molecule has 2 heteroatoms. The van der Waals surface area contributed by atoms with Gasteiger partial charge < -0.3 is 5.11 Å². The van der Waals surface area contributed by atoms with Crippen LogP contribution < -0.4 is 0 Å². The van der Waals surface area contributed by atoms with Crippen molar-refractivity contribution in [3.8, 4) is 0 Å². The zero-order valence-corrected chi connectivity index (χ0v) is 9.54. The maximum Gasteiger partial charge on any atom is 0.162 e. The number of aliphatic hydroxyl groups excluding tert-OH is 1. The molecule has 0 aromatic heterocycles. The molecule has 1 N–H and O–H groups in total. The third kappa shape index (κ3) is 2.50. The molecule has 0 aliphatic heterocycles. The van der Waals surface area contributed by atoms with Crippen molar-refractivity contribution in [2.45, 2.75) is 38.5 Å². The van der Waals surface area contributed by atoms with Crippen LogP contribution in [0, 0.1) is 0 Å². The zero-order chi connectivity index (χ0) is 11.4. The van der Waals surface area contributed by atoms with Gasteiger partial charge in [-0.2, -0.15) is 0 Å². The van der Waals surface area contributed by atoms with Crippen LogP contribution in [0.5, 0.6) is 0 Å². The summed E-state index contributed by atoms with van der Waals surface area (Å²) in [7, 11) is 0. The normalized spacial score (nSPS) is 14.6. The average molecular weight is 218 g/mol. The topological polar surface area (TPSA) is 37.3 Å². The zero-order valence-electron chi connectivity index (χ0n) is 9.54. The van der Waals surface area contributed by atoms with Crippen molar-refractivity contribution in [1.82, 2.24) is 0 Å². The monoisotopic (exact) mass is 218 g/mol. The lowest BCUT2D eigenvalue weighted by Gasteiger charge is -2.16. The first-order chi connectivity index (χ1) is 7.81. The van der Waals surface area contributed by atoms with Gasteiger partial charge >= 0.3 is 0 Å². The number of hydrogen-bond donors (Lipinski definition) is 1. The van der Waals surface area contributed by atoms with E-state index in [4.69, 9.17) is 5.11 Å². The SMILES string of the molecule is O=C(CCCO)c1ccc2c(c1)CCCC2. The fourth-order valence-electron chi connectivity index (χ4n) is 2.29. The maximum atomic E-state index is 11.8. The number of carbonyl (C=O) groups excluding carboxylic acids is 1. The van der Waals surface area contributed by atoms with Crippen molar-refractivity contribution in [2.75, 3.05) is 6.61 Å². The van der Waals surface area contributed by atoms with Crippen LogP contribution in [0.4, 0.5) is 0 Å². The van der Waals surface area contributed by atoms with E-state index in [2.05, 4.69) is 6.07 Å². The lowest BCUT2D eigenvalue weighted by Crippen LogP contribution is -2.06. The first-order valence-corrected chi connectivity index (χ1v) is 6.07. The van der Waals surface area contributed by atoms with Gasteiger partial charge in [-0.05, 0) is 49.3 Å². The van der Waals surface area contributed by atoms with Gasteiger partial charge in [0.25, 0.3) is 0 Å². The fourth-order valence-corrected chi connectivity index (χ4v) is 2.29. The van der Waals surface area contributed by atoms with Crippen molar-refractivity contribution in [3.05, 3.63) is 34.9 Å². The fraction of sp³-hybridized carbons (Fsp3) is 0.500. The van der Waals surface area contributed by atoms with Crippen LogP contribution in [-0.4, -0.2) is 17.5 Å². The van der Waals surface area contributed by atoms with Crippen LogP contribution in [0.3, 0.4) is 0 Å². The van der Waals surface area contributed by atoms with Crippen LogP contribution in [0.1, 0.15) is 47.2 Å². The second kappa shape index (κ2) is 5.26. The van der Waals surface area contributed by atoms with Crippen LogP contribution in [0.25, 0.3) is 0 Å². The first-order valence-electron chi connectivity index (χ1n) is 6.07. The largest absolute Gasteiger partial charge is 0.396 e. The Balaban J connectivity index is 2.13. The molecule has 2 rings (SSSR count). The number of Topliss-reactive ketones (excluding diaryl/α,β-unsaturated/α-hetero) is 1. The highest BCUT2D eigenvalue weighted by molar-refractivity contribution is 5.96. The number of carbonyl (C=O) groups is 1. The second-order valence-corrected chi connectivity index (χ2v) is 4.44. The van der Waals surface area contributed by atoms with Crippen LogP contribution in [0.2, 0.25) is 0 Å². The van der Waals surface area contributed by atoms with Crippen molar-refractivity contribution >= 4 is 5.78 Å². The Morgan fingerprint density at radius 2 is 1.94 bits per heavy atom. The van der Waals surface area contributed by atoms with Crippen LogP contribution >= 0.6 is 0 Å². The van der Waals surface area contributed by atoms with E-state index < -0.39 is 0 Å². The molecule has 86 valence electrons. The minimum absolute atomic E-state index is 0.0939. The van der Waals surface area contributed by atoms with Crippen molar-refractivity contribution < 1.29 is 9.90 Å². The summed E-state index contributed by atoms with van der Waals surface area (Å²) < 4.78 is 0. The number of benzene rings is 1. The maximum absolute atomic E-state index is 11.8.